The highest BCUT2D eigenvalue weighted by Crippen LogP contribution is 2.23. The van der Waals surface area contributed by atoms with Gasteiger partial charge in [0.2, 0.25) is 0 Å². The quantitative estimate of drug-likeness (QED) is 0.650. The first-order chi connectivity index (χ1) is 11.5. The second-order valence-corrected chi connectivity index (χ2v) is 8.45. The minimum absolute atomic E-state index is 0.00748. The van der Waals surface area contributed by atoms with Gasteiger partial charge in [-0.15, -0.1) is 10.2 Å². The van der Waals surface area contributed by atoms with E-state index in [2.05, 4.69) is 38.3 Å². The second kappa shape index (κ2) is 7.52. The molecule has 0 bridgehead atoms. The van der Waals surface area contributed by atoms with Gasteiger partial charge in [-0.05, 0) is 33.3 Å². The van der Waals surface area contributed by atoms with Crippen molar-refractivity contribution in [2.75, 3.05) is 25.4 Å². The molecule has 2 amide bonds. The number of carbonyl (C=O) groups is 1. The summed E-state index contributed by atoms with van der Waals surface area (Å²) in [6.07, 6.45) is 0.953. The fourth-order valence-electron chi connectivity index (χ4n) is 2.89. The molecule has 1 saturated heterocycles. The molecule has 1 aliphatic rings. The van der Waals surface area contributed by atoms with Crippen molar-refractivity contribution >= 4 is 29.1 Å². The van der Waals surface area contributed by atoms with Crippen molar-refractivity contribution < 1.29 is 4.79 Å². The summed E-state index contributed by atoms with van der Waals surface area (Å²) in [6, 6.07) is 2.37. The first kappa shape index (κ1) is 17.2. The van der Waals surface area contributed by atoms with E-state index in [0.717, 1.165) is 46.0 Å². The maximum absolute atomic E-state index is 12.3. The van der Waals surface area contributed by atoms with Crippen LogP contribution in [-0.2, 0) is 0 Å². The van der Waals surface area contributed by atoms with Gasteiger partial charge >= 0.3 is 6.03 Å². The van der Waals surface area contributed by atoms with Gasteiger partial charge in [-0.25, -0.2) is 4.79 Å². The van der Waals surface area contributed by atoms with Crippen LogP contribution >= 0.6 is 23.1 Å². The van der Waals surface area contributed by atoms with Crippen LogP contribution in [0.3, 0.4) is 0 Å². The van der Waals surface area contributed by atoms with E-state index in [1.54, 1.807) is 23.1 Å². The molecule has 3 heterocycles. The zero-order chi connectivity index (χ0) is 17.1. The van der Waals surface area contributed by atoms with Gasteiger partial charge in [0.25, 0.3) is 0 Å². The molecule has 0 spiro atoms. The average Bonchev–Trinajstić information content (AvgIpc) is 3.24. The van der Waals surface area contributed by atoms with Crippen molar-refractivity contribution in [3.63, 3.8) is 0 Å². The molecule has 7 nitrogen and oxygen atoms in total. The van der Waals surface area contributed by atoms with Crippen molar-refractivity contribution in [1.82, 2.24) is 30.2 Å². The van der Waals surface area contributed by atoms with E-state index in [-0.39, 0.29) is 12.1 Å². The van der Waals surface area contributed by atoms with Gasteiger partial charge in [-0.2, -0.15) is 5.10 Å². The number of hydrogen-bond acceptors (Lipinski definition) is 6. The lowest BCUT2D eigenvalue weighted by molar-refractivity contribution is 0.207. The third-order valence-electron chi connectivity index (χ3n) is 3.95. The number of nitrogens with zero attached hydrogens (tertiary/aromatic N) is 5. The average molecular weight is 367 g/mol. The molecule has 0 saturated carbocycles. The van der Waals surface area contributed by atoms with Crippen LogP contribution in [0.2, 0.25) is 0 Å². The van der Waals surface area contributed by atoms with E-state index in [4.69, 9.17) is 0 Å². The Hall–Kier alpha value is -1.61. The summed E-state index contributed by atoms with van der Waals surface area (Å²) < 4.78 is 3.00. The molecule has 1 atom stereocenters. The number of aromatic nitrogens is 4. The normalized spacial score (nSPS) is 17.5. The first-order valence-corrected chi connectivity index (χ1v) is 9.81. The predicted molar refractivity (Wildman–Crippen MR) is 95.7 cm³/mol. The summed E-state index contributed by atoms with van der Waals surface area (Å²) in [6.45, 7) is 8.13. The molecule has 1 fully saturated rings. The maximum Gasteiger partial charge on any atom is 0.317 e. The van der Waals surface area contributed by atoms with Gasteiger partial charge in [-0.1, -0.05) is 23.1 Å². The summed E-state index contributed by atoms with van der Waals surface area (Å²) in [4.78, 5) is 14.2. The van der Waals surface area contributed by atoms with Crippen molar-refractivity contribution in [2.24, 2.45) is 0 Å². The fraction of sp³-hybridized carbons (Fsp3) is 0.600. The molecule has 1 N–H and O–H groups in total. The molecule has 1 aliphatic heterocycles. The van der Waals surface area contributed by atoms with Gasteiger partial charge < -0.3 is 10.2 Å². The summed E-state index contributed by atoms with van der Waals surface area (Å²) >= 11 is 3.21. The molecular formula is C15H22N6OS2. The van der Waals surface area contributed by atoms with Crippen LogP contribution in [0.1, 0.15) is 28.9 Å². The van der Waals surface area contributed by atoms with E-state index in [1.807, 2.05) is 18.7 Å². The Labute approximate surface area is 149 Å². The molecule has 3 rings (SSSR count). The summed E-state index contributed by atoms with van der Waals surface area (Å²) in [5.41, 5.74) is 2.18. The van der Waals surface area contributed by atoms with Crippen molar-refractivity contribution in [3.05, 3.63) is 22.5 Å². The van der Waals surface area contributed by atoms with Crippen molar-refractivity contribution in [3.8, 4) is 0 Å². The van der Waals surface area contributed by atoms with E-state index in [9.17, 15) is 4.79 Å². The Morgan fingerprint density at radius 2 is 2.25 bits per heavy atom. The molecule has 24 heavy (non-hydrogen) atoms. The molecule has 0 unspecified atom stereocenters. The number of amides is 2. The van der Waals surface area contributed by atoms with Gasteiger partial charge in [0.05, 0.1) is 11.7 Å². The Balaban J connectivity index is 1.42. The van der Waals surface area contributed by atoms with Crippen LogP contribution in [0.25, 0.3) is 0 Å². The second-order valence-electron chi connectivity index (χ2n) is 5.93. The lowest BCUT2D eigenvalue weighted by Gasteiger charge is -2.18. The van der Waals surface area contributed by atoms with Gasteiger partial charge in [0.1, 0.15) is 5.01 Å². The molecule has 0 radical (unpaired) electrons. The van der Waals surface area contributed by atoms with Crippen LogP contribution in [0, 0.1) is 20.8 Å². The third kappa shape index (κ3) is 4.07. The number of likely N-dealkylation sites (tertiary alicyclic amines) is 1. The van der Waals surface area contributed by atoms with E-state index in [0.29, 0.717) is 6.54 Å². The summed E-state index contributed by atoms with van der Waals surface area (Å²) in [5, 5.41) is 16.5. The number of aryl methyl sites for hydroxylation is 3. The van der Waals surface area contributed by atoms with E-state index >= 15 is 0 Å². The first-order valence-electron chi connectivity index (χ1n) is 8.01. The lowest BCUT2D eigenvalue weighted by atomic mass is 10.2. The monoisotopic (exact) mass is 366 g/mol. The maximum atomic E-state index is 12.3. The molecular weight excluding hydrogens is 344 g/mol. The molecule has 2 aromatic heterocycles. The number of urea groups is 1. The predicted octanol–water partition coefficient (Wildman–Crippen LogP) is 2.41. The molecule has 0 aliphatic carbocycles. The number of thioether (sulfide) groups is 1. The summed E-state index contributed by atoms with van der Waals surface area (Å²) in [5.74, 6) is 0.801. The third-order valence-corrected chi connectivity index (χ3v) is 5.93. The minimum Gasteiger partial charge on any atom is -0.337 e. The Morgan fingerprint density at radius 1 is 1.42 bits per heavy atom. The standard InChI is InChI=1S/C15H22N6OS2/c1-10-8-11(2)21(19-10)13-4-6-20(9-13)14(22)16-5-7-23-15-18-17-12(3)24-15/h8,13H,4-7,9H2,1-3H3,(H,16,22)/t13-/m0/s1. The van der Waals surface area contributed by atoms with Crippen LogP contribution in [0.4, 0.5) is 4.79 Å². The molecule has 130 valence electrons. The van der Waals surface area contributed by atoms with Crippen molar-refractivity contribution in [1.29, 1.82) is 0 Å². The number of hydrogen-bond donors (Lipinski definition) is 1. The zero-order valence-corrected chi connectivity index (χ0v) is 15.8. The zero-order valence-electron chi connectivity index (χ0n) is 14.2. The van der Waals surface area contributed by atoms with Crippen molar-refractivity contribution in [2.45, 2.75) is 37.6 Å². The molecule has 0 aromatic carbocycles. The van der Waals surface area contributed by atoms with Crippen LogP contribution in [0.15, 0.2) is 10.4 Å². The minimum atomic E-state index is 0.00748. The number of nitrogens with one attached hydrogen (secondary N) is 1. The Morgan fingerprint density at radius 3 is 2.92 bits per heavy atom. The van der Waals surface area contributed by atoms with Gasteiger partial charge in [0.15, 0.2) is 4.34 Å². The highest BCUT2D eigenvalue weighted by molar-refractivity contribution is 8.01. The number of rotatable bonds is 5. The van der Waals surface area contributed by atoms with Crippen LogP contribution in [-0.4, -0.2) is 56.3 Å². The van der Waals surface area contributed by atoms with Crippen LogP contribution in [0.5, 0.6) is 0 Å². The highest BCUT2D eigenvalue weighted by Gasteiger charge is 2.28. The van der Waals surface area contributed by atoms with Gasteiger partial charge in [-0.3, -0.25) is 4.68 Å². The topological polar surface area (TPSA) is 75.9 Å². The fourth-order valence-corrected chi connectivity index (χ4v) is 4.63. The SMILES string of the molecule is Cc1cc(C)n([C@H]2CCN(C(=O)NCCSc3nnc(C)s3)C2)n1. The summed E-state index contributed by atoms with van der Waals surface area (Å²) in [7, 11) is 0. The largest absolute Gasteiger partial charge is 0.337 e. The van der Waals surface area contributed by atoms with E-state index in [1.165, 1.54) is 0 Å². The molecule has 2 aromatic rings. The Kier molecular flexibility index (Phi) is 5.40. The lowest BCUT2D eigenvalue weighted by Crippen LogP contribution is -2.39. The Bertz CT molecular complexity index is 713. The van der Waals surface area contributed by atoms with Crippen LogP contribution < -0.4 is 5.32 Å². The van der Waals surface area contributed by atoms with E-state index < -0.39 is 0 Å². The smallest absolute Gasteiger partial charge is 0.317 e. The highest BCUT2D eigenvalue weighted by atomic mass is 32.2. The molecule has 9 heteroatoms. The van der Waals surface area contributed by atoms with Gasteiger partial charge in [0, 0.05) is 31.1 Å². The number of carbonyl (C=O) groups excluding carboxylic acids is 1.